The third kappa shape index (κ3) is 5.55. The second-order valence-corrected chi connectivity index (χ2v) is 7.52. The number of benzene rings is 1. The van der Waals surface area contributed by atoms with Crippen LogP contribution in [-0.4, -0.2) is 11.8 Å². The molecule has 1 aromatic heterocycles. The molecule has 0 atom stereocenters. The molecule has 0 radical (unpaired) electrons. The molecule has 2 aromatic rings. The van der Waals surface area contributed by atoms with E-state index in [4.69, 9.17) is 0 Å². The predicted octanol–water partition coefficient (Wildman–Crippen LogP) is 4.18. The van der Waals surface area contributed by atoms with Crippen LogP contribution >= 0.6 is 0 Å². The molecule has 6 heteroatoms. The van der Waals surface area contributed by atoms with Crippen LogP contribution in [0.3, 0.4) is 0 Å². The highest BCUT2D eigenvalue weighted by molar-refractivity contribution is 6.05. The summed E-state index contributed by atoms with van der Waals surface area (Å²) in [4.78, 5) is 24.7. The minimum absolute atomic E-state index is 0.00904. The second kappa shape index (κ2) is 9.35. The molecule has 1 fully saturated rings. The van der Waals surface area contributed by atoms with Crippen LogP contribution in [-0.2, 0) is 4.79 Å². The summed E-state index contributed by atoms with van der Waals surface area (Å²) >= 11 is 0. The Morgan fingerprint density at radius 2 is 1.79 bits per heavy atom. The van der Waals surface area contributed by atoms with Crippen molar-refractivity contribution in [3.05, 3.63) is 59.1 Å². The SMILES string of the molecule is Cc1ccc(NC(=O)CCC2CCCCC2)cc1NC(=O)c1cc[n+]([O-])cc1. The highest BCUT2D eigenvalue weighted by Gasteiger charge is 2.15. The van der Waals surface area contributed by atoms with Gasteiger partial charge in [-0.2, -0.15) is 4.73 Å². The average Bonchev–Trinajstić information content (AvgIpc) is 2.70. The lowest BCUT2D eigenvalue weighted by Gasteiger charge is -2.21. The zero-order valence-corrected chi connectivity index (χ0v) is 16.2. The topological polar surface area (TPSA) is 85.1 Å². The van der Waals surface area contributed by atoms with Crippen molar-refractivity contribution < 1.29 is 14.3 Å². The molecule has 6 nitrogen and oxygen atoms in total. The molecule has 1 heterocycles. The highest BCUT2D eigenvalue weighted by atomic mass is 16.5. The number of amides is 2. The van der Waals surface area contributed by atoms with Crippen molar-refractivity contribution >= 4 is 23.2 Å². The van der Waals surface area contributed by atoms with Gasteiger partial charge in [-0.15, -0.1) is 0 Å². The van der Waals surface area contributed by atoms with Gasteiger partial charge in [-0.05, 0) is 37.0 Å². The average molecular weight is 381 g/mol. The fourth-order valence-corrected chi connectivity index (χ4v) is 3.63. The van der Waals surface area contributed by atoms with Gasteiger partial charge in [-0.25, -0.2) is 0 Å². The largest absolute Gasteiger partial charge is 0.619 e. The Balaban J connectivity index is 1.58. The van der Waals surface area contributed by atoms with Crippen molar-refractivity contribution in [2.45, 2.75) is 51.9 Å². The Morgan fingerprint density at radius 3 is 2.50 bits per heavy atom. The predicted molar refractivity (Wildman–Crippen MR) is 109 cm³/mol. The van der Waals surface area contributed by atoms with Gasteiger partial charge in [0.1, 0.15) is 0 Å². The third-order valence-corrected chi connectivity index (χ3v) is 5.34. The Labute approximate surface area is 165 Å². The molecular formula is C22H27N3O3. The number of aryl methyl sites for hydroxylation is 1. The van der Waals surface area contributed by atoms with Gasteiger partial charge in [-0.3, -0.25) is 9.59 Å². The number of nitrogens with zero attached hydrogens (tertiary/aromatic N) is 1. The van der Waals surface area contributed by atoms with Gasteiger partial charge in [0.25, 0.3) is 5.91 Å². The molecule has 28 heavy (non-hydrogen) atoms. The van der Waals surface area contributed by atoms with Crippen LogP contribution in [0, 0.1) is 18.0 Å². The maximum atomic E-state index is 12.4. The summed E-state index contributed by atoms with van der Waals surface area (Å²) in [6.45, 7) is 1.89. The number of rotatable bonds is 6. The van der Waals surface area contributed by atoms with Crippen LogP contribution < -0.4 is 15.4 Å². The molecule has 3 rings (SSSR count). The number of nitrogens with one attached hydrogen (secondary N) is 2. The first-order valence-electron chi connectivity index (χ1n) is 9.92. The van der Waals surface area contributed by atoms with Crippen LogP contribution in [0.2, 0.25) is 0 Å². The van der Waals surface area contributed by atoms with E-state index in [-0.39, 0.29) is 11.8 Å². The Bertz CT molecular complexity index is 827. The fourth-order valence-electron chi connectivity index (χ4n) is 3.63. The molecule has 1 aliphatic rings. The van der Waals surface area contributed by atoms with Gasteiger partial charge < -0.3 is 15.8 Å². The van der Waals surface area contributed by atoms with E-state index < -0.39 is 0 Å². The normalized spacial score (nSPS) is 14.5. The molecular weight excluding hydrogens is 354 g/mol. The lowest BCUT2D eigenvalue weighted by Crippen LogP contribution is -2.25. The molecule has 0 aliphatic heterocycles. The first-order chi connectivity index (χ1) is 13.5. The second-order valence-electron chi connectivity index (χ2n) is 7.52. The van der Waals surface area contributed by atoms with Gasteiger partial charge >= 0.3 is 0 Å². The standard InChI is InChI=1S/C22H27N3O3/c1-16-7-9-19(23-21(26)10-8-17-5-3-2-4-6-17)15-20(16)24-22(27)18-11-13-25(28)14-12-18/h7,9,11-15,17H,2-6,8,10H2,1H3,(H,23,26)(H,24,27). The molecule has 0 spiro atoms. The lowest BCUT2D eigenvalue weighted by atomic mass is 9.86. The molecule has 0 saturated heterocycles. The van der Waals surface area contributed by atoms with Crippen LogP contribution in [0.25, 0.3) is 0 Å². The van der Waals surface area contributed by atoms with Crippen molar-refractivity contribution in [3.63, 3.8) is 0 Å². The van der Waals surface area contributed by atoms with E-state index in [0.29, 0.717) is 34.0 Å². The minimum atomic E-state index is -0.301. The minimum Gasteiger partial charge on any atom is -0.619 e. The van der Waals surface area contributed by atoms with Crippen LogP contribution in [0.1, 0.15) is 60.9 Å². The zero-order chi connectivity index (χ0) is 19.9. The smallest absolute Gasteiger partial charge is 0.256 e. The number of pyridine rings is 1. The van der Waals surface area contributed by atoms with E-state index in [1.54, 1.807) is 6.07 Å². The molecule has 148 valence electrons. The number of hydrogen-bond donors (Lipinski definition) is 2. The maximum Gasteiger partial charge on any atom is 0.256 e. The van der Waals surface area contributed by atoms with Crippen LogP contribution in [0.15, 0.2) is 42.7 Å². The van der Waals surface area contributed by atoms with E-state index in [1.807, 2.05) is 19.1 Å². The van der Waals surface area contributed by atoms with Gasteiger partial charge in [0, 0.05) is 29.9 Å². The molecule has 2 N–H and O–H groups in total. The summed E-state index contributed by atoms with van der Waals surface area (Å²) < 4.78 is 0.630. The van der Waals surface area contributed by atoms with E-state index in [2.05, 4.69) is 10.6 Å². The summed E-state index contributed by atoms with van der Waals surface area (Å²) in [6, 6.07) is 8.40. The Kier molecular flexibility index (Phi) is 6.63. The zero-order valence-electron chi connectivity index (χ0n) is 16.2. The molecule has 0 bridgehead atoms. The Hall–Kier alpha value is -2.89. The van der Waals surface area contributed by atoms with Crippen molar-refractivity contribution in [1.82, 2.24) is 0 Å². The number of aromatic nitrogens is 1. The Morgan fingerprint density at radius 1 is 1.07 bits per heavy atom. The number of carbonyl (C=O) groups is 2. The molecule has 1 saturated carbocycles. The first-order valence-corrected chi connectivity index (χ1v) is 9.92. The lowest BCUT2D eigenvalue weighted by molar-refractivity contribution is -0.605. The summed E-state index contributed by atoms with van der Waals surface area (Å²) in [5, 5.41) is 16.9. The molecule has 1 aliphatic carbocycles. The van der Waals surface area contributed by atoms with Crippen molar-refractivity contribution in [2.24, 2.45) is 5.92 Å². The molecule has 0 unspecified atom stereocenters. The van der Waals surface area contributed by atoms with E-state index in [9.17, 15) is 14.8 Å². The maximum absolute atomic E-state index is 12.4. The van der Waals surface area contributed by atoms with Crippen molar-refractivity contribution in [3.8, 4) is 0 Å². The monoisotopic (exact) mass is 381 g/mol. The summed E-state index contributed by atoms with van der Waals surface area (Å²) in [6.07, 6.45) is 10.4. The summed E-state index contributed by atoms with van der Waals surface area (Å²) in [7, 11) is 0. The van der Waals surface area contributed by atoms with E-state index in [0.717, 1.165) is 12.0 Å². The van der Waals surface area contributed by atoms with Crippen LogP contribution in [0.5, 0.6) is 0 Å². The van der Waals surface area contributed by atoms with Gasteiger partial charge in [0.2, 0.25) is 5.91 Å². The quantitative estimate of drug-likeness (QED) is 0.581. The van der Waals surface area contributed by atoms with Gasteiger partial charge in [0.05, 0.1) is 5.56 Å². The summed E-state index contributed by atoms with van der Waals surface area (Å²) in [5.74, 6) is 0.380. The molecule has 1 aromatic carbocycles. The van der Waals surface area contributed by atoms with Crippen molar-refractivity contribution in [2.75, 3.05) is 10.6 Å². The molecule has 2 amide bonds. The van der Waals surface area contributed by atoms with Crippen LogP contribution in [0.4, 0.5) is 11.4 Å². The number of hydrogen-bond acceptors (Lipinski definition) is 3. The van der Waals surface area contributed by atoms with Gasteiger partial charge in [-0.1, -0.05) is 38.2 Å². The van der Waals surface area contributed by atoms with Crippen molar-refractivity contribution in [1.29, 1.82) is 0 Å². The van der Waals surface area contributed by atoms with E-state index in [1.165, 1.54) is 56.6 Å². The van der Waals surface area contributed by atoms with Gasteiger partial charge in [0.15, 0.2) is 12.4 Å². The summed E-state index contributed by atoms with van der Waals surface area (Å²) in [5.41, 5.74) is 2.59. The van der Waals surface area contributed by atoms with E-state index >= 15 is 0 Å². The third-order valence-electron chi connectivity index (χ3n) is 5.34. The number of carbonyl (C=O) groups excluding carboxylic acids is 2. The first kappa shape index (κ1) is 19.9. The number of anilines is 2. The highest BCUT2D eigenvalue weighted by Crippen LogP contribution is 2.27. The fraction of sp³-hybridized carbons (Fsp3) is 0.409.